The quantitative estimate of drug-likeness (QED) is 0.356. The smallest absolute Gasteiger partial charge is 0.433 e. The van der Waals surface area contributed by atoms with Crippen LogP contribution in [-0.4, -0.2) is 27.5 Å². The van der Waals surface area contributed by atoms with Crippen LogP contribution in [0.1, 0.15) is 54.6 Å². The van der Waals surface area contributed by atoms with Crippen LogP contribution in [0.4, 0.5) is 26.3 Å². The molecule has 4 nitrogen and oxygen atoms in total. The van der Waals surface area contributed by atoms with Gasteiger partial charge in [-0.25, -0.2) is 0 Å². The second kappa shape index (κ2) is 12.1. The van der Waals surface area contributed by atoms with E-state index in [-0.39, 0.29) is 24.9 Å². The van der Waals surface area contributed by atoms with Crippen LogP contribution in [-0.2, 0) is 23.7 Å². The van der Waals surface area contributed by atoms with Gasteiger partial charge in [-0.3, -0.25) is 14.7 Å². The van der Waals surface area contributed by atoms with E-state index in [0.29, 0.717) is 30.5 Å². The minimum Gasteiger partial charge on any atom is -0.481 e. The molecule has 36 heavy (non-hydrogen) atoms. The lowest BCUT2D eigenvalue weighted by atomic mass is 9.84. The molecule has 0 amide bonds. The van der Waals surface area contributed by atoms with Crippen LogP contribution >= 0.6 is 0 Å². The Hall–Kier alpha value is -3.32. The first-order chi connectivity index (χ1) is 16.7. The second-order valence-electron chi connectivity index (χ2n) is 8.57. The van der Waals surface area contributed by atoms with Gasteiger partial charge in [0.1, 0.15) is 5.69 Å². The lowest BCUT2D eigenvalue weighted by Crippen LogP contribution is -2.37. The van der Waals surface area contributed by atoms with Crippen LogP contribution in [0.25, 0.3) is 0 Å². The molecular weight excluding hydrogens is 486 g/mol. The maximum Gasteiger partial charge on any atom is 0.433 e. The number of carbonyl (C=O) groups is 1. The summed E-state index contributed by atoms with van der Waals surface area (Å²) in [5, 5.41) is 9.10. The minimum absolute atomic E-state index is 0.0488. The maximum atomic E-state index is 12.9. The molecule has 1 aliphatic heterocycles. The molecule has 0 saturated carbocycles. The van der Waals surface area contributed by atoms with Crippen LogP contribution in [0, 0.1) is 18.3 Å². The van der Waals surface area contributed by atoms with Crippen LogP contribution in [0.2, 0.25) is 0 Å². The van der Waals surface area contributed by atoms with Gasteiger partial charge in [-0.15, -0.1) is 6.42 Å². The fourth-order valence-electron chi connectivity index (χ4n) is 3.87. The van der Waals surface area contributed by atoms with E-state index in [1.165, 1.54) is 18.2 Å². The number of rotatable bonds is 5. The topological polar surface area (TPSA) is 53.4 Å². The average molecular weight is 512 g/mol. The summed E-state index contributed by atoms with van der Waals surface area (Å²) in [5.41, 5.74) is 0.123. The number of piperidine rings is 1. The normalized spacial score (nSPS) is 18.5. The highest BCUT2D eigenvalue weighted by molar-refractivity contribution is 5.67. The van der Waals surface area contributed by atoms with Gasteiger partial charge in [-0.1, -0.05) is 30.7 Å². The first-order valence-electron chi connectivity index (χ1n) is 11.0. The van der Waals surface area contributed by atoms with Gasteiger partial charge in [0.15, 0.2) is 0 Å². The van der Waals surface area contributed by atoms with Crippen molar-refractivity contribution in [2.75, 3.05) is 6.54 Å². The molecule has 0 radical (unpaired) electrons. The van der Waals surface area contributed by atoms with Gasteiger partial charge in [0.25, 0.3) is 0 Å². The van der Waals surface area contributed by atoms with Gasteiger partial charge < -0.3 is 5.11 Å². The predicted molar refractivity (Wildman–Crippen MR) is 122 cm³/mol. The summed E-state index contributed by atoms with van der Waals surface area (Å²) in [6.45, 7) is 5.94. The van der Waals surface area contributed by atoms with Crippen molar-refractivity contribution in [2.24, 2.45) is 5.92 Å². The number of pyridine rings is 1. The molecule has 1 N–H and O–H groups in total. The fraction of sp³-hybridized carbons (Fsp3) is 0.385. The Morgan fingerprint density at radius 2 is 1.75 bits per heavy atom. The number of hydrogen-bond donors (Lipinski definition) is 1. The molecule has 2 aromatic rings. The van der Waals surface area contributed by atoms with Crippen LogP contribution in [0.5, 0.6) is 0 Å². The molecule has 1 aromatic heterocycles. The van der Waals surface area contributed by atoms with Gasteiger partial charge >= 0.3 is 18.3 Å². The standard InChI is InChI=1S/C21H20F6N2O2.C5H6/c22-20(23,24)16-4-2-15(3-5-16)17-9-13(10-19(30)31)7-8-29(17)12-14-1-6-18(28-11-14)21(25,26)27;1-4-5(2)3/h1-6,11,13,17H,7-10,12H2,(H,30,31);1H,2H2,3H3/t13-,17+;/m1./s1. The van der Waals surface area contributed by atoms with Gasteiger partial charge in [0.2, 0.25) is 0 Å². The number of allylic oxidation sites excluding steroid dienone is 1. The highest BCUT2D eigenvalue weighted by atomic mass is 19.4. The summed E-state index contributed by atoms with van der Waals surface area (Å²) >= 11 is 0. The molecule has 1 saturated heterocycles. The largest absolute Gasteiger partial charge is 0.481 e. The van der Waals surface area contributed by atoms with Crippen LogP contribution in [0.15, 0.2) is 54.7 Å². The number of likely N-dealkylation sites (tertiary alicyclic amines) is 1. The summed E-state index contributed by atoms with van der Waals surface area (Å²) in [6, 6.07) is 6.55. The van der Waals surface area contributed by atoms with Crippen molar-refractivity contribution in [3.8, 4) is 12.3 Å². The van der Waals surface area contributed by atoms with E-state index in [4.69, 9.17) is 11.5 Å². The fourth-order valence-corrected chi connectivity index (χ4v) is 3.87. The Kier molecular flexibility index (Phi) is 9.70. The van der Waals surface area contributed by atoms with E-state index < -0.39 is 29.6 Å². The molecule has 1 aliphatic rings. The first-order valence-corrected chi connectivity index (χ1v) is 11.0. The summed E-state index contributed by atoms with van der Waals surface area (Å²) < 4.78 is 76.8. The summed E-state index contributed by atoms with van der Waals surface area (Å²) in [5.74, 6) is 1.24. The summed E-state index contributed by atoms with van der Waals surface area (Å²) in [7, 11) is 0. The third kappa shape index (κ3) is 8.72. The SMILES string of the molecule is C#CC(=C)C.O=C(O)C[C@@H]1CCN(Cc2ccc(C(F)(F)F)nc2)[C@H](c2ccc(C(F)(F)F)cc2)C1. The number of benzene rings is 1. The Morgan fingerprint density at radius 1 is 1.14 bits per heavy atom. The Bertz CT molecular complexity index is 1070. The van der Waals surface area contributed by atoms with Crippen LogP contribution in [0.3, 0.4) is 0 Å². The molecule has 2 heterocycles. The molecule has 2 atom stereocenters. The molecule has 0 spiro atoms. The third-order valence-electron chi connectivity index (χ3n) is 5.66. The zero-order valence-corrected chi connectivity index (χ0v) is 19.5. The molecule has 0 aliphatic carbocycles. The number of aliphatic carboxylic acids is 1. The number of alkyl halides is 6. The van der Waals surface area contributed by atoms with E-state index in [2.05, 4.69) is 17.5 Å². The molecule has 1 aromatic carbocycles. The van der Waals surface area contributed by atoms with Crippen molar-refractivity contribution in [1.82, 2.24) is 9.88 Å². The zero-order chi connectivity index (χ0) is 27.1. The van der Waals surface area contributed by atoms with Crippen molar-refractivity contribution in [3.63, 3.8) is 0 Å². The van der Waals surface area contributed by atoms with E-state index >= 15 is 0 Å². The number of terminal acetylenes is 1. The molecule has 10 heteroatoms. The number of hydrogen-bond acceptors (Lipinski definition) is 3. The Morgan fingerprint density at radius 3 is 2.19 bits per heavy atom. The number of carboxylic acid groups (broad SMARTS) is 1. The van der Waals surface area contributed by atoms with E-state index in [1.807, 2.05) is 4.90 Å². The van der Waals surface area contributed by atoms with Crippen molar-refractivity contribution >= 4 is 5.97 Å². The molecule has 1 fully saturated rings. The lowest BCUT2D eigenvalue weighted by molar-refractivity contribution is -0.141. The molecular formula is C26H26F6N2O2. The highest BCUT2D eigenvalue weighted by Crippen LogP contribution is 2.38. The van der Waals surface area contributed by atoms with Crippen LogP contribution < -0.4 is 0 Å². The van der Waals surface area contributed by atoms with Gasteiger partial charge in [-0.05, 0) is 67.1 Å². The van der Waals surface area contributed by atoms with Crippen molar-refractivity contribution < 1.29 is 36.2 Å². The summed E-state index contributed by atoms with van der Waals surface area (Å²) in [6.07, 6.45) is -2.12. The number of nitrogens with zero attached hydrogens (tertiary/aromatic N) is 2. The lowest BCUT2D eigenvalue weighted by Gasteiger charge is -2.39. The van der Waals surface area contributed by atoms with Gasteiger partial charge in [-0.2, -0.15) is 26.3 Å². The Balaban J connectivity index is 0.000000830. The third-order valence-corrected chi connectivity index (χ3v) is 5.66. The number of aromatic nitrogens is 1. The van der Waals surface area contributed by atoms with E-state index in [9.17, 15) is 31.1 Å². The Labute approximate surface area is 205 Å². The molecule has 0 bridgehead atoms. The van der Waals surface area contributed by atoms with E-state index in [1.54, 1.807) is 6.92 Å². The van der Waals surface area contributed by atoms with Crippen molar-refractivity contribution in [2.45, 2.75) is 51.1 Å². The average Bonchev–Trinajstić information content (AvgIpc) is 2.79. The molecule has 0 unspecified atom stereocenters. The number of carboxylic acids is 1. The minimum atomic E-state index is -4.55. The van der Waals surface area contributed by atoms with Gasteiger partial charge in [0.05, 0.1) is 5.56 Å². The van der Waals surface area contributed by atoms with Crippen molar-refractivity contribution in [3.05, 3.63) is 77.1 Å². The highest BCUT2D eigenvalue weighted by Gasteiger charge is 2.34. The number of halogens is 6. The molecule has 3 rings (SSSR count). The molecule has 194 valence electrons. The second-order valence-corrected chi connectivity index (χ2v) is 8.57. The van der Waals surface area contributed by atoms with Gasteiger partial charge in [0, 0.05) is 25.2 Å². The predicted octanol–water partition coefficient (Wildman–Crippen LogP) is 6.74. The van der Waals surface area contributed by atoms with E-state index in [0.717, 1.165) is 30.0 Å². The van der Waals surface area contributed by atoms with Crippen molar-refractivity contribution in [1.29, 1.82) is 0 Å². The monoisotopic (exact) mass is 512 g/mol. The first kappa shape index (κ1) is 28.9. The summed E-state index contributed by atoms with van der Waals surface area (Å²) in [4.78, 5) is 16.5. The zero-order valence-electron chi connectivity index (χ0n) is 19.5. The maximum absolute atomic E-state index is 12.9.